The zero-order valence-electron chi connectivity index (χ0n) is 13.3. The standard InChI is InChI=1S/C18H26FNO2/c1-2-3-12-22-13-17(21)20-18(14-6-4-5-7-14)15-8-10-16(19)11-9-15/h8-11,14,18H,2-7,12-13H2,1H3,(H,20,21). The van der Waals surface area contributed by atoms with Crippen molar-refractivity contribution in [2.45, 2.75) is 51.5 Å². The van der Waals surface area contributed by atoms with Crippen LogP contribution in [0.15, 0.2) is 24.3 Å². The molecule has 0 saturated heterocycles. The van der Waals surface area contributed by atoms with Gasteiger partial charge in [0.15, 0.2) is 0 Å². The fourth-order valence-electron chi connectivity index (χ4n) is 3.06. The van der Waals surface area contributed by atoms with Crippen LogP contribution in [-0.2, 0) is 9.53 Å². The molecule has 1 atom stereocenters. The monoisotopic (exact) mass is 307 g/mol. The lowest BCUT2D eigenvalue weighted by atomic mass is 9.91. The third kappa shape index (κ3) is 5.09. The Morgan fingerprint density at radius 1 is 1.32 bits per heavy atom. The molecule has 4 heteroatoms. The molecule has 122 valence electrons. The Hall–Kier alpha value is -1.42. The van der Waals surface area contributed by atoms with E-state index in [0.29, 0.717) is 12.5 Å². The average molecular weight is 307 g/mol. The molecule has 2 rings (SSSR count). The molecule has 1 aromatic carbocycles. The van der Waals surface area contributed by atoms with Crippen LogP contribution >= 0.6 is 0 Å². The predicted molar refractivity (Wildman–Crippen MR) is 85.0 cm³/mol. The topological polar surface area (TPSA) is 38.3 Å². The van der Waals surface area contributed by atoms with Crippen LogP contribution < -0.4 is 5.32 Å². The molecule has 3 nitrogen and oxygen atoms in total. The molecule has 1 N–H and O–H groups in total. The van der Waals surface area contributed by atoms with Gasteiger partial charge in [-0.3, -0.25) is 4.79 Å². The highest BCUT2D eigenvalue weighted by Gasteiger charge is 2.27. The summed E-state index contributed by atoms with van der Waals surface area (Å²) in [6.07, 6.45) is 6.65. The molecule has 0 bridgehead atoms. The van der Waals surface area contributed by atoms with Crippen LogP contribution in [0.1, 0.15) is 57.1 Å². The Kier molecular flexibility index (Phi) is 6.84. The van der Waals surface area contributed by atoms with E-state index in [1.54, 1.807) is 12.1 Å². The van der Waals surface area contributed by atoms with Crippen LogP contribution in [0.4, 0.5) is 4.39 Å². The van der Waals surface area contributed by atoms with Crippen LogP contribution in [0.25, 0.3) is 0 Å². The van der Waals surface area contributed by atoms with Crippen molar-refractivity contribution in [2.75, 3.05) is 13.2 Å². The molecule has 1 saturated carbocycles. The van der Waals surface area contributed by atoms with Gasteiger partial charge in [0.1, 0.15) is 12.4 Å². The van der Waals surface area contributed by atoms with Gasteiger partial charge < -0.3 is 10.1 Å². The summed E-state index contributed by atoms with van der Waals surface area (Å²) in [5, 5.41) is 3.09. The average Bonchev–Trinajstić information content (AvgIpc) is 3.04. The third-order valence-corrected chi connectivity index (χ3v) is 4.29. The molecular formula is C18H26FNO2. The molecule has 1 fully saturated rings. The normalized spacial score (nSPS) is 16.6. The molecule has 1 aliphatic rings. The van der Waals surface area contributed by atoms with Crippen molar-refractivity contribution in [3.8, 4) is 0 Å². The highest BCUT2D eigenvalue weighted by Crippen LogP contribution is 2.35. The summed E-state index contributed by atoms with van der Waals surface area (Å²) in [6.45, 7) is 2.81. The Morgan fingerprint density at radius 3 is 2.64 bits per heavy atom. The van der Waals surface area contributed by atoms with Gasteiger partial charge in [-0.05, 0) is 42.9 Å². The van der Waals surface area contributed by atoms with Gasteiger partial charge in [0.25, 0.3) is 0 Å². The zero-order valence-corrected chi connectivity index (χ0v) is 13.3. The van der Waals surface area contributed by atoms with E-state index in [1.165, 1.54) is 25.0 Å². The quantitative estimate of drug-likeness (QED) is 0.737. The fraction of sp³-hybridized carbons (Fsp3) is 0.611. The van der Waals surface area contributed by atoms with E-state index in [9.17, 15) is 9.18 Å². The van der Waals surface area contributed by atoms with Crippen molar-refractivity contribution in [3.05, 3.63) is 35.6 Å². The summed E-state index contributed by atoms with van der Waals surface area (Å²) in [5.41, 5.74) is 0.982. The second kappa shape index (κ2) is 8.89. The number of benzene rings is 1. The third-order valence-electron chi connectivity index (χ3n) is 4.29. The van der Waals surface area contributed by atoms with E-state index in [4.69, 9.17) is 4.74 Å². The minimum absolute atomic E-state index is 0.0367. The van der Waals surface area contributed by atoms with Gasteiger partial charge in [0.2, 0.25) is 5.91 Å². The van der Waals surface area contributed by atoms with Gasteiger partial charge in [0.05, 0.1) is 6.04 Å². The molecule has 1 aliphatic carbocycles. The summed E-state index contributed by atoms with van der Waals surface area (Å²) < 4.78 is 18.5. The Balaban J connectivity index is 1.95. The molecule has 1 aromatic rings. The van der Waals surface area contributed by atoms with E-state index < -0.39 is 0 Å². The fourth-order valence-corrected chi connectivity index (χ4v) is 3.06. The second-order valence-electron chi connectivity index (χ2n) is 6.05. The number of carbonyl (C=O) groups is 1. The maximum Gasteiger partial charge on any atom is 0.246 e. The maximum atomic E-state index is 13.1. The first kappa shape index (κ1) is 16.9. The van der Waals surface area contributed by atoms with Gasteiger partial charge in [-0.25, -0.2) is 4.39 Å². The molecule has 0 spiro atoms. The first-order chi connectivity index (χ1) is 10.7. The number of nitrogens with one attached hydrogen (secondary N) is 1. The van der Waals surface area contributed by atoms with Crippen molar-refractivity contribution in [3.63, 3.8) is 0 Å². The first-order valence-corrected chi connectivity index (χ1v) is 8.33. The van der Waals surface area contributed by atoms with Crippen LogP contribution in [0.3, 0.4) is 0 Å². The number of hydrogen-bond donors (Lipinski definition) is 1. The Bertz CT molecular complexity index is 455. The van der Waals surface area contributed by atoms with E-state index in [2.05, 4.69) is 12.2 Å². The summed E-state index contributed by atoms with van der Waals surface area (Å²) in [6, 6.07) is 6.43. The minimum Gasteiger partial charge on any atom is -0.372 e. The molecule has 1 unspecified atom stereocenters. The Morgan fingerprint density at radius 2 is 2.00 bits per heavy atom. The summed E-state index contributed by atoms with van der Waals surface area (Å²) >= 11 is 0. The van der Waals surface area contributed by atoms with Gasteiger partial charge in [-0.2, -0.15) is 0 Å². The number of carbonyl (C=O) groups excluding carboxylic acids is 1. The van der Waals surface area contributed by atoms with E-state index in [1.807, 2.05) is 0 Å². The molecule has 0 aromatic heterocycles. The lowest BCUT2D eigenvalue weighted by Crippen LogP contribution is -2.35. The highest BCUT2D eigenvalue weighted by atomic mass is 19.1. The van der Waals surface area contributed by atoms with Crippen molar-refractivity contribution in [1.82, 2.24) is 5.32 Å². The van der Waals surface area contributed by atoms with Crippen LogP contribution in [-0.4, -0.2) is 19.1 Å². The van der Waals surface area contributed by atoms with Gasteiger partial charge in [-0.15, -0.1) is 0 Å². The number of ether oxygens (including phenoxy) is 1. The number of unbranched alkanes of at least 4 members (excludes halogenated alkanes) is 1. The molecule has 0 aliphatic heterocycles. The molecule has 1 amide bonds. The summed E-state index contributed by atoms with van der Waals surface area (Å²) in [4.78, 5) is 12.1. The van der Waals surface area contributed by atoms with Crippen molar-refractivity contribution in [2.24, 2.45) is 5.92 Å². The SMILES string of the molecule is CCCCOCC(=O)NC(c1ccc(F)cc1)C1CCCC1. The molecule has 0 radical (unpaired) electrons. The van der Waals surface area contributed by atoms with E-state index in [0.717, 1.165) is 31.2 Å². The van der Waals surface area contributed by atoms with Crippen LogP contribution in [0, 0.1) is 11.7 Å². The number of rotatable bonds is 8. The summed E-state index contributed by atoms with van der Waals surface area (Å²) in [5.74, 6) is 0.102. The Labute approximate surface area is 132 Å². The number of amides is 1. The van der Waals surface area contributed by atoms with Crippen LogP contribution in [0.2, 0.25) is 0 Å². The predicted octanol–water partition coefficient (Wildman–Crippen LogP) is 3.99. The molecular weight excluding hydrogens is 281 g/mol. The van der Waals surface area contributed by atoms with Crippen molar-refractivity contribution >= 4 is 5.91 Å². The second-order valence-corrected chi connectivity index (χ2v) is 6.05. The number of hydrogen-bond acceptors (Lipinski definition) is 2. The van der Waals surface area contributed by atoms with Crippen molar-refractivity contribution in [1.29, 1.82) is 0 Å². The van der Waals surface area contributed by atoms with E-state index in [-0.39, 0.29) is 24.4 Å². The zero-order chi connectivity index (χ0) is 15.8. The van der Waals surface area contributed by atoms with Gasteiger partial charge in [-0.1, -0.05) is 38.3 Å². The lowest BCUT2D eigenvalue weighted by molar-refractivity contribution is -0.126. The first-order valence-electron chi connectivity index (χ1n) is 8.33. The van der Waals surface area contributed by atoms with Crippen molar-refractivity contribution < 1.29 is 13.9 Å². The van der Waals surface area contributed by atoms with Crippen LogP contribution in [0.5, 0.6) is 0 Å². The summed E-state index contributed by atoms with van der Waals surface area (Å²) in [7, 11) is 0. The lowest BCUT2D eigenvalue weighted by Gasteiger charge is -2.25. The number of halogens is 1. The molecule has 0 heterocycles. The highest BCUT2D eigenvalue weighted by molar-refractivity contribution is 5.77. The molecule has 22 heavy (non-hydrogen) atoms. The largest absolute Gasteiger partial charge is 0.372 e. The van der Waals surface area contributed by atoms with E-state index >= 15 is 0 Å². The maximum absolute atomic E-state index is 13.1. The smallest absolute Gasteiger partial charge is 0.246 e. The van der Waals surface area contributed by atoms with Gasteiger partial charge in [0, 0.05) is 6.61 Å². The van der Waals surface area contributed by atoms with Gasteiger partial charge >= 0.3 is 0 Å². The minimum atomic E-state index is -0.247.